The molecular formula is C15H22FNO2. The van der Waals surface area contributed by atoms with Gasteiger partial charge in [0.1, 0.15) is 5.82 Å². The van der Waals surface area contributed by atoms with Crippen LogP contribution in [0.15, 0.2) is 24.3 Å². The Bertz CT molecular complexity index is 399. The fourth-order valence-electron chi connectivity index (χ4n) is 2.83. The minimum absolute atomic E-state index is 0.219. The highest BCUT2D eigenvalue weighted by molar-refractivity contribution is 5.19. The molecule has 0 bridgehead atoms. The summed E-state index contributed by atoms with van der Waals surface area (Å²) in [5.74, 6) is -0.310. The van der Waals surface area contributed by atoms with Crippen molar-refractivity contribution >= 4 is 0 Å². The van der Waals surface area contributed by atoms with Crippen molar-refractivity contribution in [1.82, 2.24) is 4.90 Å². The van der Waals surface area contributed by atoms with Crippen LogP contribution in [0.1, 0.15) is 37.4 Å². The van der Waals surface area contributed by atoms with Crippen LogP contribution < -0.4 is 0 Å². The number of likely N-dealkylation sites (tertiary alicyclic amines) is 1. The summed E-state index contributed by atoms with van der Waals surface area (Å²) in [5.41, 5.74) is 0.632. The van der Waals surface area contributed by atoms with Gasteiger partial charge in [-0.15, -0.1) is 0 Å². The van der Waals surface area contributed by atoms with Gasteiger partial charge in [0, 0.05) is 19.2 Å². The summed E-state index contributed by atoms with van der Waals surface area (Å²) in [4.78, 5) is 2.26. The second-order valence-electron chi connectivity index (χ2n) is 5.23. The van der Waals surface area contributed by atoms with Crippen LogP contribution >= 0.6 is 0 Å². The Balaban J connectivity index is 1.92. The molecule has 1 aliphatic rings. The first-order valence-corrected chi connectivity index (χ1v) is 6.99. The third-order valence-corrected chi connectivity index (χ3v) is 3.84. The molecule has 1 saturated heterocycles. The summed E-state index contributed by atoms with van der Waals surface area (Å²) < 4.78 is 13.1. The molecule has 1 aliphatic heterocycles. The Hall–Kier alpha value is -0.970. The Kier molecular flexibility index (Phi) is 5.31. The van der Waals surface area contributed by atoms with Gasteiger partial charge in [0.2, 0.25) is 0 Å². The average molecular weight is 267 g/mol. The summed E-state index contributed by atoms with van der Waals surface area (Å²) in [6.45, 7) is 1.73. The first kappa shape index (κ1) is 14.4. The van der Waals surface area contributed by atoms with Crippen LogP contribution in [-0.2, 0) is 0 Å². The molecule has 2 rings (SSSR count). The number of aliphatic hydroxyl groups excluding tert-OH is 2. The van der Waals surface area contributed by atoms with E-state index in [1.54, 1.807) is 12.1 Å². The van der Waals surface area contributed by atoms with Crippen LogP contribution in [0, 0.1) is 5.82 Å². The normalized spacial score (nSPS) is 21.7. The van der Waals surface area contributed by atoms with Crippen LogP contribution in [0.3, 0.4) is 0 Å². The quantitative estimate of drug-likeness (QED) is 0.829. The number of hydrogen-bond acceptors (Lipinski definition) is 3. The molecule has 0 spiro atoms. The Morgan fingerprint density at radius 2 is 2.26 bits per heavy atom. The maximum absolute atomic E-state index is 13.1. The molecular weight excluding hydrogens is 245 g/mol. The molecule has 19 heavy (non-hydrogen) atoms. The summed E-state index contributed by atoms with van der Waals surface area (Å²) in [5, 5.41) is 19.1. The van der Waals surface area contributed by atoms with E-state index in [1.807, 2.05) is 0 Å². The standard InChI is InChI=1S/C15H22FNO2/c16-13-5-1-4-12(10-13)15(19)11-17-8-2-6-14(17)7-3-9-18/h1,4-5,10,14-15,18-19H,2-3,6-9,11H2. The number of benzene rings is 1. The van der Waals surface area contributed by atoms with E-state index in [2.05, 4.69) is 4.90 Å². The lowest BCUT2D eigenvalue weighted by Crippen LogP contribution is -2.33. The van der Waals surface area contributed by atoms with Crippen LogP contribution in [0.5, 0.6) is 0 Å². The molecule has 0 amide bonds. The van der Waals surface area contributed by atoms with Crippen LogP contribution in [0.2, 0.25) is 0 Å². The smallest absolute Gasteiger partial charge is 0.123 e. The SMILES string of the molecule is OCCCC1CCCN1CC(O)c1cccc(F)c1. The van der Waals surface area contributed by atoms with Gasteiger partial charge in [-0.05, 0) is 49.9 Å². The van der Waals surface area contributed by atoms with Crippen molar-refractivity contribution in [3.05, 3.63) is 35.6 Å². The highest BCUT2D eigenvalue weighted by Gasteiger charge is 2.26. The van der Waals surface area contributed by atoms with Crippen molar-refractivity contribution in [2.45, 2.75) is 37.8 Å². The van der Waals surface area contributed by atoms with Gasteiger partial charge in [-0.1, -0.05) is 12.1 Å². The molecule has 2 atom stereocenters. The number of hydrogen-bond donors (Lipinski definition) is 2. The Morgan fingerprint density at radius 1 is 1.42 bits per heavy atom. The number of halogens is 1. The Labute approximate surface area is 113 Å². The van der Waals surface area contributed by atoms with Gasteiger partial charge < -0.3 is 10.2 Å². The summed E-state index contributed by atoms with van der Waals surface area (Å²) >= 11 is 0. The van der Waals surface area contributed by atoms with Gasteiger partial charge in [-0.3, -0.25) is 4.90 Å². The second-order valence-corrected chi connectivity index (χ2v) is 5.23. The molecule has 2 unspecified atom stereocenters. The zero-order valence-electron chi connectivity index (χ0n) is 11.1. The van der Waals surface area contributed by atoms with Crippen LogP contribution in [0.4, 0.5) is 4.39 Å². The van der Waals surface area contributed by atoms with Gasteiger partial charge in [-0.25, -0.2) is 4.39 Å². The first-order valence-electron chi connectivity index (χ1n) is 6.99. The van der Waals surface area contributed by atoms with E-state index >= 15 is 0 Å². The minimum Gasteiger partial charge on any atom is -0.396 e. The molecule has 1 aromatic rings. The molecule has 106 valence electrons. The molecule has 0 saturated carbocycles. The van der Waals surface area contributed by atoms with Crippen molar-refractivity contribution in [2.24, 2.45) is 0 Å². The summed E-state index contributed by atoms with van der Waals surface area (Å²) in [6, 6.07) is 6.60. The van der Waals surface area contributed by atoms with Gasteiger partial charge in [0.15, 0.2) is 0 Å². The van der Waals surface area contributed by atoms with Gasteiger partial charge in [-0.2, -0.15) is 0 Å². The summed E-state index contributed by atoms with van der Waals surface area (Å²) in [7, 11) is 0. The van der Waals surface area contributed by atoms with E-state index in [4.69, 9.17) is 5.11 Å². The number of aliphatic hydroxyl groups is 2. The molecule has 4 heteroatoms. The molecule has 1 heterocycles. The van der Waals surface area contributed by atoms with E-state index < -0.39 is 6.10 Å². The highest BCUT2D eigenvalue weighted by atomic mass is 19.1. The monoisotopic (exact) mass is 267 g/mol. The van der Waals surface area contributed by atoms with Crippen LogP contribution in [0.25, 0.3) is 0 Å². The van der Waals surface area contributed by atoms with E-state index in [-0.39, 0.29) is 12.4 Å². The predicted octanol–water partition coefficient (Wildman–Crippen LogP) is 2.10. The minimum atomic E-state index is -0.648. The molecule has 3 nitrogen and oxygen atoms in total. The number of rotatable bonds is 6. The fraction of sp³-hybridized carbons (Fsp3) is 0.600. The lowest BCUT2D eigenvalue weighted by atomic mass is 10.1. The second kappa shape index (κ2) is 6.98. The fourth-order valence-corrected chi connectivity index (χ4v) is 2.83. The van der Waals surface area contributed by atoms with Gasteiger partial charge in [0.25, 0.3) is 0 Å². The maximum atomic E-state index is 13.1. The van der Waals surface area contributed by atoms with Crippen LogP contribution in [-0.4, -0.2) is 40.9 Å². The summed E-state index contributed by atoms with van der Waals surface area (Å²) in [6.07, 6.45) is 3.37. The first-order chi connectivity index (χ1) is 9.20. The molecule has 0 aromatic heterocycles. The molecule has 0 aliphatic carbocycles. The van der Waals surface area contributed by atoms with E-state index in [0.717, 1.165) is 32.2 Å². The van der Waals surface area contributed by atoms with Crippen molar-refractivity contribution in [3.8, 4) is 0 Å². The van der Waals surface area contributed by atoms with E-state index in [0.29, 0.717) is 18.2 Å². The van der Waals surface area contributed by atoms with Crippen molar-refractivity contribution in [1.29, 1.82) is 0 Å². The topological polar surface area (TPSA) is 43.7 Å². The van der Waals surface area contributed by atoms with Crippen molar-refractivity contribution in [2.75, 3.05) is 19.7 Å². The predicted molar refractivity (Wildman–Crippen MR) is 72.3 cm³/mol. The zero-order valence-corrected chi connectivity index (χ0v) is 11.1. The molecule has 2 N–H and O–H groups in total. The number of nitrogens with zero attached hydrogens (tertiary/aromatic N) is 1. The van der Waals surface area contributed by atoms with E-state index in [9.17, 15) is 9.50 Å². The largest absolute Gasteiger partial charge is 0.396 e. The maximum Gasteiger partial charge on any atom is 0.123 e. The van der Waals surface area contributed by atoms with Crippen molar-refractivity contribution in [3.63, 3.8) is 0 Å². The van der Waals surface area contributed by atoms with Crippen molar-refractivity contribution < 1.29 is 14.6 Å². The lowest BCUT2D eigenvalue weighted by molar-refractivity contribution is 0.101. The van der Waals surface area contributed by atoms with Gasteiger partial charge in [0.05, 0.1) is 6.10 Å². The lowest BCUT2D eigenvalue weighted by Gasteiger charge is -2.26. The van der Waals surface area contributed by atoms with Gasteiger partial charge >= 0.3 is 0 Å². The third-order valence-electron chi connectivity index (χ3n) is 3.84. The Morgan fingerprint density at radius 3 is 3.00 bits per heavy atom. The number of β-amino-alcohol motifs (C(OH)–C–C–N with tert-alkyl or cyclic N) is 1. The zero-order chi connectivity index (χ0) is 13.7. The highest BCUT2D eigenvalue weighted by Crippen LogP contribution is 2.24. The molecule has 0 radical (unpaired) electrons. The third kappa shape index (κ3) is 4.00. The van der Waals surface area contributed by atoms with E-state index in [1.165, 1.54) is 12.1 Å². The molecule has 1 fully saturated rings. The average Bonchev–Trinajstić information content (AvgIpc) is 2.83. The molecule has 1 aromatic carbocycles.